The molecule has 0 aliphatic heterocycles. The van der Waals surface area contributed by atoms with Gasteiger partial charge in [0.05, 0.1) is 26.9 Å². The number of aromatic amines is 1. The number of nitrogens with one attached hydrogen (secondary N) is 2. The Bertz CT molecular complexity index is 2360. The quantitative estimate of drug-likeness (QED) is 0.0991. The maximum absolute atomic E-state index is 13.8. The molecule has 51 heavy (non-hydrogen) atoms. The van der Waals surface area contributed by atoms with E-state index in [1.54, 1.807) is 24.4 Å². The van der Waals surface area contributed by atoms with E-state index in [1.165, 1.54) is 24.4 Å². The van der Waals surface area contributed by atoms with Gasteiger partial charge in [0.1, 0.15) is 28.9 Å². The van der Waals surface area contributed by atoms with Crippen LogP contribution in [0, 0.1) is 17.0 Å². The van der Waals surface area contributed by atoms with Gasteiger partial charge in [-0.1, -0.05) is 18.2 Å². The Balaban J connectivity index is 0.000000169. The third kappa shape index (κ3) is 6.61. The summed E-state index contributed by atoms with van der Waals surface area (Å²) in [5.74, 6) is -4.64. The summed E-state index contributed by atoms with van der Waals surface area (Å²) in [6.45, 7) is 1.88. The van der Waals surface area contributed by atoms with E-state index in [-0.39, 0.29) is 53.3 Å². The largest absolute Gasteiger partial charge is 0.376 e. The van der Waals surface area contributed by atoms with E-state index in [0.29, 0.717) is 12.8 Å². The first kappa shape index (κ1) is 34.4. The van der Waals surface area contributed by atoms with Gasteiger partial charge in [-0.3, -0.25) is 10.1 Å². The highest BCUT2D eigenvalue weighted by Gasteiger charge is 2.39. The molecule has 1 aromatic carbocycles. The van der Waals surface area contributed by atoms with E-state index in [4.69, 9.17) is 0 Å². The third-order valence-electron chi connectivity index (χ3n) is 9.54. The average Bonchev–Trinajstić information content (AvgIpc) is 3.81. The van der Waals surface area contributed by atoms with Gasteiger partial charge in [-0.25, -0.2) is 44.9 Å². The Kier molecular flexibility index (Phi) is 8.71. The van der Waals surface area contributed by atoms with Crippen molar-refractivity contribution >= 4 is 54.5 Å². The molecule has 0 radical (unpaired) electrons. The lowest BCUT2D eigenvalue weighted by molar-refractivity contribution is -0.384. The molecule has 0 amide bonds. The molecule has 0 saturated heterocycles. The minimum Gasteiger partial charge on any atom is -0.376 e. The summed E-state index contributed by atoms with van der Waals surface area (Å²) in [5.41, 5.74) is 2.04. The monoisotopic (exact) mass is 726 g/mol. The number of aromatic nitrogens is 6. The van der Waals surface area contributed by atoms with Gasteiger partial charge in [0.2, 0.25) is 11.8 Å². The highest BCUT2D eigenvalue weighted by molar-refractivity contribution is 7.90. The van der Waals surface area contributed by atoms with Crippen LogP contribution in [0.1, 0.15) is 63.2 Å². The van der Waals surface area contributed by atoms with Crippen molar-refractivity contribution in [3.63, 3.8) is 0 Å². The van der Waals surface area contributed by atoms with Crippen LogP contribution in [-0.4, -0.2) is 59.7 Å². The number of halogens is 4. The van der Waals surface area contributed by atoms with E-state index in [1.807, 2.05) is 23.8 Å². The van der Waals surface area contributed by atoms with Crippen molar-refractivity contribution < 1.29 is 30.9 Å². The number of rotatable bonds is 6. The molecule has 2 aliphatic rings. The standard InChI is InChI=1S/C19H18F2N4O4S.C15H16F2N4/c20-19(21)9-4-5-13(11-19)23-17-15-8-10-24(18(15)22-12-16(17)25(26)27)30(28,29)14-6-2-1-3-7-14;1-9-20-12-8-19-14-11(4-6-18-14)13(12)21(9)10-3-2-5-15(16,17)7-10/h1-3,6-8,10,12-13H,4-5,9,11H2,(H,22,23);4,6,8,10H,2-3,5,7H2,1H3,(H,18,19). The van der Waals surface area contributed by atoms with Gasteiger partial charge in [0.15, 0.2) is 5.65 Å². The van der Waals surface area contributed by atoms with Crippen LogP contribution in [0.2, 0.25) is 0 Å². The number of nitrogens with zero attached hydrogens (tertiary/aromatic N) is 6. The molecular formula is C34H34F4N8O4S. The summed E-state index contributed by atoms with van der Waals surface area (Å²) in [6.07, 6.45) is 7.00. The number of nitro groups is 1. The Labute approximate surface area is 289 Å². The van der Waals surface area contributed by atoms with E-state index in [0.717, 1.165) is 44.5 Å². The predicted octanol–water partition coefficient (Wildman–Crippen LogP) is 8.14. The lowest BCUT2D eigenvalue weighted by Gasteiger charge is -2.31. The van der Waals surface area contributed by atoms with Gasteiger partial charge in [0, 0.05) is 55.5 Å². The number of hydrogen-bond acceptors (Lipinski definition) is 8. The van der Waals surface area contributed by atoms with Crippen molar-refractivity contribution in [2.24, 2.45) is 0 Å². The first-order chi connectivity index (χ1) is 24.2. The number of hydrogen-bond donors (Lipinski definition) is 2. The van der Waals surface area contributed by atoms with E-state index >= 15 is 0 Å². The highest BCUT2D eigenvalue weighted by atomic mass is 32.2. The zero-order chi connectivity index (χ0) is 36.1. The molecule has 2 atom stereocenters. The number of imidazole rings is 1. The van der Waals surface area contributed by atoms with Crippen LogP contribution in [-0.2, 0) is 10.0 Å². The molecule has 17 heteroatoms. The summed E-state index contributed by atoms with van der Waals surface area (Å²) >= 11 is 0. The molecule has 8 rings (SSSR count). The van der Waals surface area contributed by atoms with Crippen LogP contribution in [0.5, 0.6) is 0 Å². The molecular weight excluding hydrogens is 692 g/mol. The van der Waals surface area contributed by atoms with E-state index in [9.17, 15) is 36.1 Å². The minimum atomic E-state index is -3.99. The second kappa shape index (κ2) is 12.9. The molecule has 5 aromatic heterocycles. The van der Waals surface area contributed by atoms with E-state index < -0.39 is 44.9 Å². The molecule has 268 valence electrons. The molecule has 2 unspecified atom stereocenters. The number of anilines is 1. The van der Waals surface area contributed by atoms with Crippen LogP contribution in [0.15, 0.2) is 72.1 Å². The second-order valence-electron chi connectivity index (χ2n) is 13.1. The average molecular weight is 727 g/mol. The lowest BCUT2D eigenvalue weighted by atomic mass is 9.91. The third-order valence-corrected chi connectivity index (χ3v) is 11.2. The molecule has 12 nitrogen and oxygen atoms in total. The van der Waals surface area contributed by atoms with Gasteiger partial charge in [-0.2, -0.15) is 0 Å². The fraction of sp³-hybridized carbons (Fsp3) is 0.382. The minimum absolute atomic E-state index is 0.00367. The van der Waals surface area contributed by atoms with Crippen molar-refractivity contribution in [1.29, 1.82) is 0 Å². The van der Waals surface area contributed by atoms with Crippen LogP contribution in [0.25, 0.3) is 33.1 Å². The zero-order valence-electron chi connectivity index (χ0n) is 27.4. The lowest BCUT2D eigenvalue weighted by Crippen LogP contribution is -2.34. The second-order valence-corrected chi connectivity index (χ2v) is 14.9. The van der Waals surface area contributed by atoms with Gasteiger partial charge in [0.25, 0.3) is 10.0 Å². The van der Waals surface area contributed by atoms with Crippen molar-refractivity contribution in [3.8, 4) is 0 Å². The van der Waals surface area contributed by atoms with Crippen LogP contribution in [0.3, 0.4) is 0 Å². The van der Waals surface area contributed by atoms with Crippen molar-refractivity contribution in [2.75, 3.05) is 5.32 Å². The first-order valence-corrected chi connectivity index (χ1v) is 18.0. The molecule has 2 N–H and O–H groups in total. The van der Waals surface area contributed by atoms with Gasteiger partial charge >= 0.3 is 5.69 Å². The first-order valence-electron chi connectivity index (χ1n) is 16.5. The molecule has 0 spiro atoms. The Morgan fingerprint density at radius 3 is 2.39 bits per heavy atom. The molecule has 2 aliphatic carbocycles. The fourth-order valence-electron chi connectivity index (χ4n) is 7.26. The predicted molar refractivity (Wildman–Crippen MR) is 183 cm³/mol. The van der Waals surface area contributed by atoms with Gasteiger partial charge < -0.3 is 14.9 Å². The number of aryl methyl sites for hydroxylation is 1. The maximum atomic E-state index is 13.8. The molecule has 2 fully saturated rings. The maximum Gasteiger partial charge on any atom is 0.311 e. The van der Waals surface area contributed by atoms with E-state index in [2.05, 4.69) is 25.3 Å². The van der Waals surface area contributed by atoms with Crippen molar-refractivity contribution in [2.45, 2.75) is 87.1 Å². The van der Waals surface area contributed by atoms with Crippen molar-refractivity contribution in [3.05, 3.63) is 83.2 Å². The SMILES string of the molecule is Cc1nc2cnc3[nH]ccc3c2n1C1CCCC(F)(F)C1.O=[N+]([O-])c1cnc2c(ccn2S(=O)(=O)c2ccccc2)c1NC1CCCC(F)(F)C1. The number of fused-ring (bicyclic) bond motifs is 4. The topological polar surface area (TPSA) is 154 Å². The summed E-state index contributed by atoms with van der Waals surface area (Å²) < 4.78 is 84.1. The highest BCUT2D eigenvalue weighted by Crippen LogP contribution is 2.42. The van der Waals surface area contributed by atoms with Crippen molar-refractivity contribution in [1.82, 2.24) is 28.5 Å². The molecule has 2 saturated carbocycles. The number of H-pyrrole nitrogens is 1. The van der Waals surface area contributed by atoms with Gasteiger partial charge in [-0.15, -0.1) is 0 Å². The van der Waals surface area contributed by atoms with Crippen LogP contribution >= 0.6 is 0 Å². The zero-order valence-corrected chi connectivity index (χ0v) is 28.2. The Morgan fingerprint density at radius 2 is 1.69 bits per heavy atom. The normalized spacial score (nSPS) is 20.3. The molecule has 0 bridgehead atoms. The summed E-state index contributed by atoms with van der Waals surface area (Å²) in [6, 6.07) is 10.1. The summed E-state index contributed by atoms with van der Waals surface area (Å²) in [5, 5.41) is 15.5. The number of benzene rings is 1. The Morgan fingerprint density at radius 1 is 0.961 bits per heavy atom. The number of pyridine rings is 2. The Hall–Kier alpha value is -5.06. The van der Waals surface area contributed by atoms with Crippen LogP contribution in [0.4, 0.5) is 28.9 Å². The van der Waals surface area contributed by atoms with Gasteiger partial charge in [-0.05, 0) is 56.9 Å². The summed E-state index contributed by atoms with van der Waals surface area (Å²) in [4.78, 5) is 26.8. The summed E-state index contributed by atoms with van der Waals surface area (Å²) in [7, 11) is -3.99. The number of alkyl halides is 4. The smallest absolute Gasteiger partial charge is 0.311 e. The molecule has 5 heterocycles. The van der Waals surface area contributed by atoms with Crippen LogP contribution < -0.4 is 5.32 Å². The molecule has 6 aromatic rings. The fourth-order valence-corrected chi connectivity index (χ4v) is 8.58.